The van der Waals surface area contributed by atoms with Crippen molar-refractivity contribution in [2.24, 2.45) is 10.8 Å². The molecule has 1 heterocycles. The van der Waals surface area contributed by atoms with Crippen molar-refractivity contribution >= 4 is 18.0 Å². The van der Waals surface area contributed by atoms with Crippen molar-refractivity contribution < 1.29 is 14.3 Å². The van der Waals surface area contributed by atoms with Crippen molar-refractivity contribution in [1.82, 2.24) is 15.2 Å². The molecule has 0 radical (unpaired) electrons. The molecule has 0 bridgehead atoms. The quantitative estimate of drug-likeness (QED) is 0.385. The first-order valence-electron chi connectivity index (χ1n) is 8.45. The van der Waals surface area contributed by atoms with E-state index >= 15 is 0 Å². The van der Waals surface area contributed by atoms with Gasteiger partial charge in [0, 0.05) is 17.3 Å². The molecule has 142 valence electrons. The summed E-state index contributed by atoms with van der Waals surface area (Å²) in [7, 11) is 1.60. The summed E-state index contributed by atoms with van der Waals surface area (Å²) in [5.41, 5.74) is 10.3. The Balaban J connectivity index is 1.91. The number of primary amides is 1. The van der Waals surface area contributed by atoms with E-state index in [1.54, 1.807) is 11.8 Å². The zero-order chi connectivity index (χ0) is 19.9. The summed E-state index contributed by atoms with van der Waals surface area (Å²) in [5.74, 6) is -1.36. The fourth-order valence-electron chi connectivity index (χ4n) is 2.57. The number of hydrogen-bond donors (Lipinski definition) is 2. The standard InChI is InChI=1S/C20H19N5O3/c1-28-17-9-7-15(8-10-17)18-16(11-22-23-20(27)19(21)26)13-25(24-18)12-14-5-3-2-4-6-14/h2-11,13H,12H2,1H3,(H2,21,26)(H,23,27)/b22-11-. The molecule has 0 saturated carbocycles. The number of rotatable bonds is 6. The zero-order valence-corrected chi connectivity index (χ0v) is 15.2. The first-order valence-corrected chi connectivity index (χ1v) is 8.45. The van der Waals surface area contributed by atoms with Gasteiger partial charge in [0.1, 0.15) is 11.4 Å². The number of hydrazone groups is 1. The molecule has 0 aliphatic rings. The SMILES string of the molecule is COc1ccc(-c2nn(Cc3ccccc3)cc2/C=N\NC(=O)C(N)=O)cc1. The van der Waals surface area contributed by atoms with Gasteiger partial charge < -0.3 is 10.5 Å². The highest BCUT2D eigenvalue weighted by Crippen LogP contribution is 2.24. The van der Waals surface area contributed by atoms with E-state index < -0.39 is 11.8 Å². The molecule has 0 aliphatic carbocycles. The van der Waals surface area contributed by atoms with E-state index in [-0.39, 0.29) is 0 Å². The predicted molar refractivity (Wildman–Crippen MR) is 105 cm³/mol. The number of nitrogens with one attached hydrogen (secondary N) is 1. The van der Waals surface area contributed by atoms with E-state index in [4.69, 9.17) is 10.5 Å². The predicted octanol–water partition coefficient (Wildman–Crippen LogP) is 1.54. The van der Waals surface area contributed by atoms with Crippen LogP contribution in [0.2, 0.25) is 0 Å². The molecule has 8 heteroatoms. The third kappa shape index (κ3) is 4.61. The van der Waals surface area contributed by atoms with E-state index in [1.165, 1.54) is 6.21 Å². The highest BCUT2D eigenvalue weighted by atomic mass is 16.5. The summed E-state index contributed by atoms with van der Waals surface area (Å²) in [6, 6.07) is 17.3. The van der Waals surface area contributed by atoms with Crippen LogP contribution in [0.25, 0.3) is 11.3 Å². The minimum atomic E-state index is -1.10. The lowest BCUT2D eigenvalue weighted by molar-refractivity contribution is -0.137. The molecule has 3 rings (SSSR count). The van der Waals surface area contributed by atoms with Crippen molar-refractivity contribution in [2.45, 2.75) is 6.54 Å². The van der Waals surface area contributed by atoms with Gasteiger partial charge in [-0.05, 0) is 29.8 Å². The monoisotopic (exact) mass is 377 g/mol. The lowest BCUT2D eigenvalue weighted by Gasteiger charge is -2.03. The average molecular weight is 377 g/mol. The Bertz CT molecular complexity index is 994. The van der Waals surface area contributed by atoms with Crippen LogP contribution >= 0.6 is 0 Å². The summed E-state index contributed by atoms with van der Waals surface area (Å²) < 4.78 is 6.97. The average Bonchev–Trinajstić information content (AvgIpc) is 3.11. The van der Waals surface area contributed by atoms with E-state index in [9.17, 15) is 9.59 Å². The first-order chi connectivity index (χ1) is 13.6. The van der Waals surface area contributed by atoms with E-state index in [2.05, 4.69) is 15.6 Å². The molecular formula is C20H19N5O3. The molecule has 0 fully saturated rings. The third-order valence-electron chi connectivity index (χ3n) is 3.93. The molecule has 0 spiro atoms. The number of hydrogen-bond acceptors (Lipinski definition) is 5. The van der Waals surface area contributed by atoms with Gasteiger partial charge in [-0.25, -0.2) is 5.43 Å². The minimum absolute atomic E-state index is 0.575. The summed E-state index contributed by atoms with van der Waals surface area (Å²) in [4.78, 5) is 22.1. The largest absolute Gasteiger partial charge is 0.497 e. The minimum Gasteiger partial charge on any atom is -0.497 e. The van der Waals surface area contributed by atoms with Gasteiger partial charge in [0.25, 0.3) is 0 Å². The van der Waals surface area contributed by atoms with Crippen LogP contribution < -0.4 is 15.9 Å². The van der Waals surface area contributed by atoms with Crippen LogP contribution in [-0.4, -0.2) is 34.9 Å². The normalized spacial score (nSPS) is 10.8. The van der Waals surface area contributed by atoms with Crippen molar-refractivity contribution in [2.75, 3.05) is 7.11 Å². The molecule has 28 heavy (non-hydrogen) atoms. The van der Waals surface area contributed by atoms with Gasteiger partial charge in [-0.1, -0.05) is 30.3 Å². The van der Waals surface area contributed by atoms with Gasteiger partial charge in [-0.3, -0.25) is 14.3 Å². The molecule has 8 nitrogen and oxygen atoms in total. The van der Waals surface area contributed by atoms with Gasteiger partial charge >= 0.3 is 11.8 Å². The lowest BCUT2D eigenvalue weighted by atomic mass is 10.1. The van der Waals surface area contributed by atoms with Crippen LogP contribution in [0.3, 0.4) is 0 Å². The molecule has 3 aromatic rings. The zero-order valence-electron chi connectivity index (χ0n) is 15.2. The molecule has 0 saturated heterocycles. The maximum atomic E-state index is 11.3. The van der Waals surface area contributed by atoms with Gasteiger partial charge in [-0.2, -0.15) is 10.2 Å². The van der Waals surface area contributed by atoms with Crippen molar-refractivity contribution in [3.05, 3.63) is 71.9 Å². The van der Waals surface area contributed by atoms with Crippen molar-refractivity contribution in [1.29, 1.82) is 0 Å². The van der Waals surface area contributed by atoms with Crippen LogP contribution in [0.5, 0.6) is 5.75 Å². The lowest BCUT2D eigenvalue weighted by Crippen LogP contribution is -2.32. The Kier molecular flexibility index (Phi) is 5.81. The summed E-state index contributed by atoms with van der Waals surface area (Å²) in [6.07, 6.45) is 3.24. The van der Waals surface area contributed by atoms with E-state index in [1.807, 2.05) is 60.8 Å². The van der Waals surface area contributed by atoms with Crippen LogP contribution in [0.4, 0.5) is 0 Å². The van der Waals surface area contributed by atoms with Crippen LogP contribution in [0.1, 0.15) is 11.1 Å². The highest BCUT2D eigenvalue weighted by molar-refractivity contribution is 6.34. The summed E-state index contributed by atoms with van der Waals surface area (Å²) >= 11 is 0. The van der Waals surface area contributed by atoms with E-state index in [0.717, 1.165) is 16.9 Å². The Hall–Kier alpha value is -3.94. The fraction of sp³-hybridized carbons (Fsp3) is 0.100. The van der Waals surface area contributed by atoms with Crippen molar-refractivity contribution in [3.8, 4) is 17.0 Å². The number of benzene rings is 2. The van der Waals surface area contributed by atoms with Crippen LogP contribution in [-0.2, 0) is 16.1 Å². The molecule has 2 aromatic carbocycles. The number of nitrogens with zero attached hydrogens (tertiary/aromatic N) is 3. The molecule has 0 aliphatic heterocycles. The topological polar surface area (TPSA) is 112 Å². The van der Waals surface area contributed by atoms with Crippen LogP contribution in [0, 0.1) is 0 Å². The van der Waals surface area contributed by atoms with Gasteiger partial charge in [-0.15, -0.1) is 0 Å². The summed E-state index contributed by atoms with van der Waals surface area (Å²) in [5, 5.41) is 8.44. The number of nitrogens with two attached hydrogens (primary N) is 1. The smallest absolute Gasteiger partial charge is 0.329 e. The second-order valence-electron chi connectivity index (χ2n) is 5.91. The van der Waals surface area contributed by atoms with Gasteiger partial charge in [0.2, 0.25) is 0 Å². The molecule has 0 unspecified atom stereocenters. The Morgan fingerprint density at radius 3 is 2.54 bits per heavy atom. The van der Waals surface area contributed by atoms with Crippen LogP contribution in [0.15, 0.2) is 65.9 Å². The number of amides is 2. The van der Waals surface area contributed by atoms with Crippen molar-refractivity contribution in [3.63, 3.8) is 0 Å². The summed E-state index contributed by atoms with van der Waals surface area (Å²) in [6.45, 7) is 0.575. The third-order valence-corrected chi connectivity index (χ3v) is 3.93. The van der Waals surface area contributed by atoms with E-state index in [0.29, 0.717) is 17.8 Å². The number of aromatic nitrogens is 2. The molecule has 2 amide bonds. The fourth-order valence-corrected chi connectivity index (χ4v) is 2.57. The molecular weight excluding hydrogens is 358 g/mol. The van der Waals surface area contributed by atoms with Gasteiger partial charge in [0.05, 0.1) is 19.9 Å². The molecule has 1 aromatic heterocycles. The molecule has 3 N–H and O–H groups in total. The molecule has 0 atom stereocenters. The Labute approximate surface area is 161 Å². The number of carbonyl (C=O) groups excluding carboxylic acids is 2. The second kappa shape index (κ2) is 8.63. The Morgan fingerprint density at radius 2 is 1.89 bits per heavy atom. The first kappa shape index (κ1) is 18.8. The second-order valence-corrected chi connectivity index (χ2v) is 5.91. The highest BCUT2D eigenvalue weighted by Gasteiger charge is 2.11. The number of carbonyl (C=O) groups is 2. The number of ether oxygens (including phenoxy) is 1. The maximum Gasteiger partial charge on any atom is 0.329 e. The number of methoxy groups -OCH3 is 1. The maximum absolute atomic E-state index is 11.3. The van der Waals surface area contributed by atoms with Gasteiger partial charge in [0.15, 0.2) is 0 Å². The Morgan fingerprint density at radius 1 is 1.18 bits per heavy atom.